The molecule has 47 heavy (non-hydrogen) atoms. The Morgan fingerprint density at radius 3 is 2.26 bits per heavy atom. The molecule has 1 saturated heterocycles. The number of ether oxygens (including phenoxy) is 2. The predicted molar refractivity (Wildman–Crippen MR) is 173 cm³/mol. The number of halogens is 3. The molecule has 1 aromatic heterocycles. The number of nitrogens with one attached hydrogen (secondary N) is 2. The fourth-order valence-corrected chi connectivity index (χ4v) is 6.52. The van der Waals surface area contributed by atoms with Gasteiger partial charge in [0.15, 0.2) is 0 Å². The highest BCUT2D eigenvalue weighted by Crippen LogP contribution is 2.51. The Morgan fingerprint density at radius 1 is 0.957 bits per heavy atom. The first-order valence-corrected chi connectivity index (χ1v) is 15.5. The SMILES string of the molecule is Cc1cc(NC(=O)c2ccccc2N2CCOCC2)cnc1OCCCC1(C(=O)NCC(F)(F)F)c2ccccc2-c2ccccc21. The molecule has 1 fully saturated rings. The zero-order valence-corrected chi connectivity index (χ0v) is 25.9. The number of hydrogen-bond donors (Lipinski definition) is 2. The van der Waals surface area contributed by atoms with Gasteiger partial charge in [-0.2, -0.15) is 13.2 Å². The maximum Gasteiger partial charge on any atom is 0.405 e. The number of aromatic nitrogens is 1. The summed E-state index contributed by atoms with van der Waals surface area (Å²) in [6, 6.07) is 23.9. The van der Waals surface area contributed by atoms with Crippen LogP contribution in [0.5, 0.6) is 5.88 Å². The van der Waals surface area contributed by atoms with E-state index in [1.54, 1.807) is 36.4 Å². The van der Waals surface area contributed by atoms with E-state index in [0.29, 0.717) is 66.5 Å². The lowest BCUT2D eigenvalue weighted by atomic mass is 9.73. The Morgan fingerprint density at radius 2 is 1.60 bits per heavy atom. The quantitative estimate of drug-likeness (QED) is 0.198. The van der Waals surface area contributed by atoms with Gasteiger partial charge in [-0.1, -0.05) is 60.7 Å². The largest absolute Gasteiger partial charge is 0.477 e. The number of anilines is 2. The fourth-order valence-electron chi connectivity index (χ4n) is 6.52. The number of carbonyl (C=O) groups excluding carboxylic acids is 2. The molecular formula is C36H35F3N4O4. The average molecular weight is 645 g/mol. The molecule has 4 aromatic rings. The summed E-state index contributed by atoms with van der Waals surface area (Å²) in [7, 11) is 0. The number of fused-ring (bicyclic) bond motifs is 3. The predicted octanol–water partition coefficient (Wildman–Crippen LogP) is 6.28. The van der Waals surface area contributed by atoms with Crippen molar-refractivity contribution in [3.63, 3.8) is 0 Å². The third-order valence-corrected chi connectivity index (χ3v) is 8.62. The number of alkyl halides is 3. The van der Waals surface area contributed by atoms with Gasteiger partial charge in [-0.25, -0.2) is 4.98 Å². The molecule has 2 heterocycles. The molecule has 2 amide bonds. The monoisotopic (exact) mass is 644 g/mol. The number of benzene rings is 3. The summed E-state index contributed by atoms with van der Waals surface area (Å²) in [5, 5.41) is 5.08. The van der Waals surface area contributed by atoms with Gasteiger partial charge in [-0.15, -0.1) is 0 Å². The third kappa shape index (κ3) is 6.66. The van der Waals surface area contributed by atoms with Crippen molar-refractivity contribution in [3.05, 3.63) is 107 Å². The molecule has 0 bridgehead atoms. The number of amides is 2. The summed E-state index contributed by atoms with van der Waals surface area (Å²) in [5.74, 6) is -0.593. The normalized spacial score (nSPS) is 15.0. The smallest absolute Gasteiger partial charge is 0.405 e. The lowest BCUT2D eigenvalue weighted by Crippen LogP contribution is -2.47. The van der Waals surface area contributed by atoms with Crippen molar-refractivity contribution < 1.29 is 32.2 Å². The van der Waals surface area contributed by atoms with Crippen molar-refractivity contribution in [2.24, 2.45) is 0 Å². The minimum atomic E-state index is -4.54. The number of rotatable bonds is 10. The molecule has 6 rings (SSSR count). The molecule has 0 saturated carbocycles. The molecule has 244 valence electrons. The average Bonchev–Trinajstić information content (AvgIpc) is 3.37. The third-order valence-electron chi connectivity index (χ3n) is 8.62. The summed E-state index contributed by atoms with van der Waals surface area (Å²) in [4.78, 5) is 33.5. The number of nitrogens with zero attached hydrogens (tertiary/aromatic N) is 2. The maximum atomic E-state index is 13.7. The Labute approximate surface area is 270 Å². The van der Waals surface area contributed by atoms with Gasteiger partial charge in [0.2, 0.25) is 11.8 Å². The lowest BCUT2D eigenvalue weighted by molar-refractivity contribution is -0.141. The first-order chi connectivity index (χ1) is 22.7. The number of morpholine rings is 1. The molecule has 11 heteroatoms. The van der Waals surface area contributed by atoms with E-state index in [2.05, 4.69) is 20.5 Å². The highest BCUT2D eigenvalue weighted by atomic mass is 19.4. The van der Waals surface area contributed by atoms with Gasteiger partial charge in [0, 0.05) is 24.3 Å². The molecule has 0 radical (unpaired) electrons. The molecule has 0 spiro atoms. The molecule has 0 atom stereocenters. The standard InChI is InChI=1S/C36H35F3N4O4/c1-24-21-25(42-32(44)28-11-4-7-14-31(28)43-16-19-46-20-17-43)22-40-33(24)47-18-8-15-35(34(45)41-23-36(37,38)39)29-12-5-2-9-26(29)27-10-3-6-13-30(27)35/h2-7,9-14,21-22H,8,15-20,23H2,1H3,(H,41,45)(H,42,44). The van der Waals surface area contributed by atoms with Gasteiger partial charge in [0.25, 0.3) is 5.91 Å². The number of hydrogen-bond acceptors (Lipinski definition) is 6. The zero-order chi connectivity index (χ0) is 33.0. The van der Waals surface area contributed by atoms with Gasteiger partial charge in [-0.05, 0) is 60.2 Å². The maximum absolute atomic E-state index is 13.7. The number of para-hydroxylation sites is 1. The van der Waals surface area contributed by atoms with Crippen LogP contribution in [0.2, 0.25) is 0 Å². The van der Waals surface area contributed by atoms with Crippen molar-refractivity contribution in [1.82, 2.24) is 10.3 Å². The van der Waals surface area contributed by atoms with Crippen molar-refractivity contribution in [2.75, 3.05) is 49.7 Å². The van der Waals surface area contributed by atoms with Gasteiger partial charge in [0.05, 0.1) is 37.3 Å². The van der Waals surface area contributed by atoms with Crippen LogP contribution in [0.15, 0.2) is 85.1 Å². The minimum Gasteiger partial charge on any atom is -0.477 e. The first-order valence-electron chi connectivity index (χ1n) is 15.5. The van der Waals surface area contributed by atoms with Gasteiger partial charge in [-0.3, -0.25) is 9.59 Å². The van der Waals surface area contributed by atoms with Crippen LogP contribution in [0.1, 0.15) is 39.9 Å². The molecule has 1 aliphatic carbocycles. The van der Waals surface area contributed by atoms with Crippen LogP contribution >= 0.6 is 0 Å². The highest BCUT2D eigenvalue weighted by Gasteiger charge is 2.49. The molecular weight excluding hydrogens is 609 g/mol. The van der Waals surface area contributed by atoms with E-state index in [9.17, 15) is 22.8 Å². The van der Waals surface area contributed by atoms with E-state index in [0.717, 1.165) is 16.8 Å². The van der Waals surface area contributed by atoms with Crippen LogP contribution in [0.3, 0.4) is 0 Å². The van der Waals surface area contributed by atoms with E-state index in [1.165, 1.54) is 6.20 Å². The minimum absolute atomic E-state index is 0.172. The van der Waals surface area contributed by atoms with Gasteiger partial charge >= 0.3 is 6.18 Å². The Balaban J connectivity index is 1.14. The van der Waals surface area contributed by atoms with E-state index >= 15 is 0 Å². The summed E-state index contributed by atoms with van der Waals surface area (Å²) in [6.07, 6.45) is -2.44. The summed E-state index contributed by atoms with van der Waals surface area (Å²) < 4.78 is 50.9. The molecule has 2 N–H and O–H groups in total. The molecule has 1 aliphatic heterocycles. The van der Waals surface area contributed by atoms with E-state index in [-0.39, 0.29) is 18.9 Å². The Kier molecular flexibility index (Phi) is 9.17. The van der Waals surface area contributed by atoms with Crippen molar-refractivity contribution in [1.29, 1.82) is 0 Å². The molecule has 3 aromatic carbocycles. The Hall–Kier alpha value is -4.90. The number of carbonyl (C=O) groups is 2. The first kappa shape index (κ1) is 32.1. The van der Waals surface area contributed by atoms with Gasteiger partial charge in [0.1, 0.15) is 12.0 Å². The second-order valence-corrected chi connectivity index (χ2v) is 11.7. The van der Waals surface area contributed by atoms with Crippen molar-refractivity contribution in [2.45, 2.75) is 31.4 Å². The van der Waals surface area contributed by atoms with Crippen LogP contribution in [0.4, 0.5) is 24.5 Å². The number of aryl methyl sites for hydroxylation is 1. The summed E-state index contributed by atoms with van der Waals surface area (Å²) in [6.45, 7) is 3.19. The second kappa shape index (κ2) is 13.4. The topological polar surface area (TPSA) is 92.8 Å². The lowest BCUT2D eigenvalue weighted by Gasteiger charge is -2.31. The van der Waals surface area contributed by atoms with Crippen LogP contribution in [0.25, 0.3) is 11.1 Å². The second-order valence-electron chi connectivity index (χ2n) is 11.7. The highest BCUT2D eigenvalue weighted by molar-refractivity contribution is 6.08. The molecule has 2 aliphatic rings. The summed E-state index contributed by atoms with van der Waals surface area (Å²) >= 11 is 0. The van der Waals surface area contributed by atoms with Crippen molar-refractivity contribution >= 4 is 23.2 Å². The molecule has 8 nitrogen and oxygen atoms in total. The van der Waals surface area contributed by atoms with Crippen LogP contribution in [-0.2, 0) is 14.9 Å². The van der Waals surface area contributed by atoms with Gasteiger partial charge < -0.3 is 25.0 Å². The summed E-state index contributed by atoms with van der Waals surface area (Å²) in [5.41, 5.74) is 4.29. The molecule has 0 unspecified atom stereocenters. The zero-order valence-electron chi connectivity index (χ0n) is 25.9. The van der Waals surface area contributed by atoms with Crippen LogP contribution < -0.4 is 20.3 Å². The van der Waals surface area contributed by atoms with Crippen LogP contribution in [-0.4, -0.2) is 62.4 Å². The fraction of sp³-hybridized carbons (Fsp3) is 0.306. The number of pyridine rings is 1. The van der Waals surface area contributed by atoms with Crippen LogP contribution in [0, 0.1) is 6.92 Å². The Bertz CT molecular complexity index is 1730. The van der Waals surface area contributed by atoms with E-state index in [1.807, 2.05) is 49.4 Å². The van der Waals surface area contributed by atoms with Crippen molar-refractivity contribution in [3.8, 4) is 17.0 Å². The van der Waals surface area contributed by atoms with E-state index in [4.69, 9.17) is 9.47 Å². The van der Waals surface area contributed by atoms with E-state index < -0.39 is 24.0 Å².